The Morgan fingerprint density at radius 2 is 2.24 bits per heavy atom. The number of nitriles is 1. The summed E-state index contributed by atoms with van der Waals surface area (Å²) in [6.07, 6.45) is 7.43. The molecule has 108 valence electrons. The molecular weight excluding hydrogens is 264 g/mol. The van der Waals surface area contributed by atoms with Crippen LogP contribution >= 0.6 is 0 Å². The van der Waals surface area contributed by atoms with Gasteiger partial charge in [0.2, 0.25) is 5.90 Å². The summed E-state index contributed by atoms with van der Waals surface area (Å²) in [7, 11) is 1.61. The van der Waals surface area contributed by atoms with Gasteiger partial charge < -0.3 is 9.47 Å². The summed E-state index contributed by atoms with van der Waals surface area (Å²) < 4.78 is 10.8. The van der Waals surface area contributed by atoms with Crippen LogP contribution in [0.3, 0.4) is 0 Å². The second-order valence-corrected chi connectivity index (χ2v) is 5.55. The Hall–Kier alpha value is -2.28. The maximum atomic E-state index is 9.48. The number of ether oxygens (including phenoxy) is 2. The number of methoxy groups -OCH3 is 1. The first-order chi connectivity index (χ1) is 10.2. The molecule has 1 aromatic rings. The molecule has 1 aliphatic heterocycles. The number of nitrogens with zero attached hydrogens (tertiary/aromatic N) is 1. The van der Waals surface area contributed by atoms with E-state index in [9.17, 15) is 5.26 Å². The van der Waals surface area contributed by atoms with Crippen LogP contribution in [0.4, 0.5) is 0 Å². The van der Waals surface area contributed by atoms with E-state index >= 15 is 0 Å². The molecule has 4 heteroatoms. The molecule has 0 bridgehead atoms. The Morgan fingerprint density at radius 1 is 1.38 bits per heavy atom. The summed E-state index contributed by atoms with van der Waals surface area (Å²) >= 11 is 0. The third-order valence-corrected chi connectivity index (χ3v) is 4.40. The summed E-state index contributed by atoms with van der Waals surface area (Å²) in [6.45, 7) is 0. The number of benzene rings is 1. The smallest absolute Gasteiger partial charge is 0.205 e. The number of hydrogen-bond donors (Lipinski definition) is 1. The average Bonchev–Trinajstić information content (AvgIpc) is 2.53. The van der Waals surface area contributed by atoms with Crippen molar-refractivity contribution in [2.75, 3.05) is 7.11 Å². The quantitative estimate of drug-likeness (QED) is 0.842. The van der Waals surface area contributed by atoms with Crippen molar-refractivity contribution in [1.82, 2.24) is 0 Å². The zero-order chi connectivity index (χ0) is 14.8. The fraction of sp³-hybridized carbons (Fsp3) is 0.412. The van der Waals surface area contributed by atoms with Crippen LogP contribution in [0.5, 0.6) is 11.5 Å². The van der Waals surface area contributed by atoms with E-state index < -0.39 is 5.92 Å². The topological polar surface area (TPSA) is 66.1 Å². The third-order valence-electron chi connectivity index (χ3n) is 4.40. The van der Waals surface area contributed by atoms with Crippen LogP contribution in [-0.4, -0.2) is 13.0 Å². The Balaban J connectivity index is 2.05. The molecule has 3 atom stereocenters. The van der Waals surface area contributed by atoms with E-state index in [2.05, 4.69) is 18.2 Å². The third kappa shape index (κ3) is 2.40. The molecule has 0 saturated carbocycles. The molecular formula is C17H18N2O2. The minimum atomic E-state index is -0.498. The largest absolute Gasteiger partial charge is 0.497 e. The van der Waals surface area contributed by atoms with Gasteiger partial charge in [0, 0.05) is 17.5 Å². The molecule has 0 amide bonds. The molecule has 0 radical (unpaired) electrons. The molecule has 3 unspecified atom stereocenters. The van der Waals surface area contributed by atoms with Gasteiger partial charge in [-0.3, -0.25) is 5.41 Å². The van der Waals surface area contributed by atoms with Gasteiger partial charge in [0.25, 0.3) is 0 Å². The second-order valence-electron chi connectivity index (χ2n) is 5.55. The fourth-order valence-electron chi connectivity index (χ4n) is 3.34. The van der Waals surface area contributed by atoms with Crippen molar-refractivity contribution in [1.29, 1.82) is 10.7 Å². The summed E-state index contributed by atoms with van der Waals surface area (Å²) in [4.78, 5) is 0. The lowest BCUT2D eigenvalue weighted by Crippen LogP contribution is -2.34. The van der Waals surface area contributed by atoms with E-state index in [0.29, 0.717) is 17.4 Å². The fourth-order valence-corrected chi connectivity index (χ4v) is 3.34. The second kappa shape index (κ2) is 5.61. The summed E-state index contributed by atoms with van der Waals surface area (Å²) in [5, 5.41) is 17.5. The minimum Gasteiger partial charge on any atom is -0.497 e. The van der Waals surface area contributed by atoms with Gasteiger partial charge >= 0.3 is 0 Å². The molecule has 0 fully saturated rings. The van der Waals surface area contributed by atoms with Crippen LogP contribution < -0.4 is 9.47 Å². The van der Waals surface area contributed by atoms with Gasteiger partial charge in [-0.25, -0.2) is 0 Å². The van der Waals surface area contributed by atoms with Crippen LogP contribution in [0.2, 0.25) is 0 Å². The van der Waals surface area contributed by atoms with Gasteiger partial charge in [-0.15, -0.1) is 0 Å². The number of allylic oxidation sites excluding steroid dienone is 2. The molecule has 1 heterocycles. The van der Waals surface area contributed by atoms with Crippen molar-refractivity contribution in [3.05, 3.63) is 35.9 Å². The van der Waals surface area contributed by atoms with E-state index in [-0.39, 0.29) is 11.8 Å². The molecule has 1 aromatic carbocycles. The summed E-state index contributed by atoms with van der Waals surface area (Å²) in [6, 6.07) is 7.95. The molecule has 0 aromatic heterocycles. The highest BCUT2D eigenvalue weighted by Crippen LogP contribution is 2.46. The Morgan fingerprint density at radius 3 is 2.90 bits per heavy atom. The normalized spacial score (nSPS) is 27.4. The highest BCUT2D eigenvalue weighted by atomic mass is 16.5. The molecule has 1 N–H and O–H groups in total. The van der Waals surface area contributed by atoms with Gasteiger partial charge in [-0.1, -0.05) is 18.2 Å². The van der Waals surface area contributed by atoms with Crippen LogP contribution in [0.15, 0.2) is 30.4 Å². The number of nitrogens with one attached hydrogen (secondary N) is 1. The van der Waals surface area contributed by atoms with Crippen LogP contribution in [0.1, 0.15) is 30.7 Å². The van der Waals surface area contributed by atoms with Gasteiger partial charge in [0.15, 0.2) is 0 Å². The Kier molecular flexibility index (Phi) is 3.66. The first kappa shape index (κ1) is 13.7. The Labute approximate surface area is 124 Å². The lowest BCUT2D eigenvalue weighted by Gasteiger charge is -2.36. The van der Waals surface area contributed by atoms with Gasteiger partial charge in [0.05, 0.1) is 13.2 Å². The monoisotopic (exact) mass is 282 g/mol. The number of hydrogen-bond acceptors (Lipinski definition) is 4. The molecule has 2 aliphatic rings. The van der Waals surface area contributed by atoms with E-state index in [1.165, 1.54) is 0 Å². The van der Waals surface area contributed by atoms with Crippen LogP contribution in [0.25, 0.3) is 0 Å². The first-order valence-electron chi connectivity index (χ1n) is 7.23. The summed E-state index contributed by atoms with van der Waals surface area (Å²) in [5.41, 5.74) is 1.03. The molecule has 4 nitrogen and oxygen atoms in total. The van der Waals surface area contributed by atoms with Crippen molar-refractivity contribution in [2.45, 2.75) is 25.2 Å². The van der Waals surface area contributed by atoms with Gasteiger partial charge in [0.1, 0.15) is 17.4 Å². The molecule has 3 rings (SSSR count). The molecule has 0 spiro atoms. The van der Waals surface area contributed by atoms with Gasteiger partial charge in [-0.05, 0) is 31.2 Å². The van der Waals surface area contributed by atoms with E-state index in [1.807, 2.05) is 18.2 Å². The number of rotatable bonds is 2. The molecule has 0 saturated heterocycles. The van der Waals surface area contributed by atoms with E-state index in [0.717, 1.165) is 24.8 Å². The van der Waals surface area contributed by atoms with E-state index in [4.69, 9.17) is 14.9 Å². The van der Waals surface area contributed by atoms with Crippen molar-refractivity contribution >= 4 is 5.90 Å². The lowest BCUT2D eigenvalue weighted by molar-refractivity contribution is 0.318. The highest BCUT2D eigenvalue weighted by Gasteiger charge is 2.40. The first-order valence-corrected chi connectivity index (χ1v) is 7.23. The predicted molar refractivity (Wildman–Crippen MR) is 79.7 cm³/mol. The summed E-state index contributed by atoms with van der Waals surface area (Å²) in [5.74, 6) is 1.34. The predicted octanol–water partition coefficient (Wildman–Crippen LogP) is 3.64. The lowest BCUT2D eigenvalue weighted by atomic mass is 9.71. The molecule has 1 aliphatic carbocycles. The minimum absolute atomic E-state index is 0.0297. The highest BCUT2D eigenvalue weighted by molar-refractivity contribution is 5.84. The maximum absolute atomic E-state index is 9.48. The SMILES string of the molecule is COc1ccc2c(c1)OC(=N)C(C#N)C2C1CC=CCC1. The maximum Gasteiger partial charge on any atom is 0.205 e. The van der Waals surface area contributed by atoms with E-state index in [1.54, 1.807) is 7.11 Å². The average molecular weight is 282 g/mol. The van der Waals surface area contributed by atoms with Crippen molar-refractivity contribution in [3.63, 3.8) is 0 Å². The molecule has 21 heavy (non-hydrogen) atoms. The van der Waals surface area contributed by atoms with Crippen molar-refractivity contribution in [3.8, 4) is 17.6 Å². The Bertz CT molecular complexity index is 630. The van der Waals surface area contributed by atoms with Crippen LogP contribution in [-0.2, 0) is 0 Å². The van der Waals surface area contributed by atoms with Crippen LogP contribution in [0, 0.1) is 28.6 Å². The zero-order valence-electron chi connectivity index (χ0n) is 12.0. The van der Waals surface area contributed by atoms with Crippen molar-refractivity contribution in [2.24, 2.45) is 11.8 Å². The van der Waals surface area contributed by atoms with Crippen molar-refractivity contribution < 1.29 is 9.47 Å². The number of fused-ring (bicyclic) bond motifs is 1. The zero-order valence-corrected chi connectivity index (χ0v) is 12.0. The van der Waals surface area contributed by atoms with Gasteiger partial charge in [-0.2, -0.15) is 5.26 Å². The standard InChI is InChI=1S/C17H18N2O2/c1-20-12-7-8-13-15(9-12)21-17(19)14(10-18)16(13)11-5-3-2-4-6-11/h2-3,7-9,11,14,16,19H,4-6H2,1H3.